The number of fused-ring (bicyclic) bond motifs is 2. The zero-order valence-electron chi connectivity index (χ0n) is 13.6. The van der Waals surface area contributed by atoms with Crippen LogP contribution in [0.4, 0.5) is 0 Å². The molecule has 0 radical (unpaired) electrons. The van der Waals surface area contributed by atoms with Crippen molar-refractivity contribution in [3.63, 3.8) is 0 Å². The summed E-state index contributed by atoms with van der Waals surface area (Å²) in [4.78, 5) is 24.1. The molecule has 2 fully saturated rings. The molecule has 4 rings (SSSR count). The molecular weight excluding hydrogens is 298 g/mol. The summed E-state index contributed by atoms with van der Waals surface area (Å²) in [5.41, 5.74) is 3.34. The largest absolute Gasteiger partial charge is 0.292 e. The van der Waals surface area contributed by atoms with Crippen molar-refractivity contribution in [1.29, 1.82) is 0 Å². The highest BCUT2D eigenvalue weighted by Crippen LogP contribution is 2.40. The lowest BCUT2D eigenvalue weighted by Gasteiger charge is -2.34. The Morgan fingerprint density at radius 2 is 1.42 bits per heavy atom. The minimum atomic E-state index is 0.136. The maximum absolute atomic E-state index is 13.1. The summed E-state index contributed by atoms with van der Waals surface area (Å²) in [6.07, 6.45) is 9.40. The SMILES string of the molecule is CN1C2CCC1/C(=C\c1ccccn1)C(=O)/C2=C/c1ccccn1. The Kier molecular flexibility index (Phi) is 3.82. The minimum Gasteiger partial charge on any atom is -0.292 e. The number of carbonyl (C=O) groups excluding carboxylic acids is 1. The van der Waals surface area contributed by atoms with Crippen molar-refractivity contribution in [2.45, 2.75) is 24.9 Å². The molecule has 0 aliphatic carbocycles. The fraction of sp³-hybridized carbons (Fsp3) is 0.250. The molecule has 4 heteroatoms. The van der Waals surface area contributed by atoms with E-state index in [-0.39, 0.29) is 17.9 Å². The third kappa shape index (κ3) is 2.59. The molecule has 0 N–H and O–H groups in total. The summed E-state index contributed by atoms with van der Waals surface area (Å²) in [6, 6.07) is 11.9. The van der Waals surface area contributed by atoms with Gasteiger partial charge in [0.2, 0.25) is 0 Å². The quantitative estimate of drug-likeness (QED) is 0.799. The topological polar surface area (TPSA) is 46.1 Å². The first-order chi connectivity index (χ1) is 11.7. The number of pyridine rings is 2. The molecule has 2 aliphatic rings. The molecule has 0 aromatic carbocycles. The Bertz CT molecular complexity index is 744. The number of likely N-dealkylation sites (N-methyl/N-ethyl adjacent to an activating group) is 1. The average molecular weight is 317 g/mol. The number of hydrogen-bond donors (Lipinski definition) is 0. The highest BCUT2D eigenvalue weighted by Gasteiger charge is 2.44. The lowest BCUT2D eigenvalue weighted by Crippen LogP contribution is -2.43. The molecule has 2 unspecified atom stereocenters. The van der Waals surface area contributed by atoms with Gasteiger partial charge in [-0.15, -0.1) is 0 Å². The van der Waals surface area contributed by atoms with Crippen LogP contribution >= 0.6 is 0 Å². The van der Waals surface area contributed by atoms with Crippen LogP contribution in [0.15, 0.2) is 59.9 Å². The maximum atomic E-state index is 13.1. The number of Topliss-reactive ketones (excluding diaryl/α,β-unsaturated/α-hetero) is 1. The van der Waals surface area contributed by atoms with E-state index in [9.17, 15) is 4.79 Å². The van der Waals surface area contributed by atoms with E-state index in [1.165, 1.54) is 0 Å². The zero-order chi connectivity index (χ0) is 16.5. The fourth-order valence-electron chi connectivity index (χ4n) is 3.72. The Labute approximate surface area is 141 Å². The van der Waals surface area contributed by atoms with Gasteiger partial charge in [0.25, 0.3) is 0 Å². The van der Waals surface area contributed by atoms with Crippen molar-refractivity contribution in [1.82, 2.24) is 14.9 Å². The molecule has 24 heavy (non-hydrogen) atoms. The summed E-state index contributed by atoms with van der Waals surface area (Å²) >= 11 is 0. The molecule has 2 aromatic heterocycles. The van der Waals surface area contributed by atoms with Gasteiger partial charge in [0, 0.05) is 35.6 Å². The van der Waals surface area contributed by atoms with Crippen LogP contribution in [-0.4, -0.2) is 39.8 Å². The predicted molar refractivity (Wildman–Crippen MR) is 94.0 cm³/mol. The van der Waals surface area contributed by atoms with Crippen LogP contribution in [0.25, 0.3) is 12.2 Å². The Hall–Kier alpha value is -2.59. The molecule has 4 nitrogen and oxygen atoms in total. The van der Waals surface area contributed by atoms with E-state index in [4.69, 9.17) is 0 Å². The molecule has 2 bridgehead atoms. The third-order valence-electron chi connectivity index (χ3n) is 4.92. The van der Waals surface area contributed by atoms with Crippen LogP contribution in [-0.2, 0) is 4.79 Å². The van der Waals surface area contributed by atoms with E-state index in [2.05, 4.69) is 21.9 Å². The highest BCUT2D eigenvalue weighted by atomic mass is 16.1. The van der Waals surface area contributed by atoms with Crippen molar-refractivity contribution in [3.8, 4) is 0 Å². The maximum Gasteiger partial charge on any atom is 0.188 e. The molecule has 2 aliphatic heterocycles. The molecule has 0 amide bonds. The first kappa shape index (κ1) is 15.0. The fourth-order valence-corrected chi connectivity index (χ4v) is 3.72. The molecule has 2 atom stereocenters. The van der Waals surface area contributed by atoms with Gasteiger partial charge < -0.3 is 0 Å². The van der Waals surface area contributed by atoms with Crippen LogP contribution < -0.4 is 0 Å². The van der Waals surface area contributed by atoms with Crippen molar-refractivity contribution in [3.05, 3.63) is 71.3 Å². The predicted octanol–water partition coefficient (Wildman–Crippen LogP) is 2.99. The van der Waals surface area contributed by atoms with Gasteiger partial charge in [-0.1, -0.05) is 12.1 Å². The Balaban J connectivity index is 1.78. The molecule has 4 heterocycles. The van der Waals surface area contributed by atoms with Gasteiger partial charge in [-0.2, -0.15) is 0 Å². The van der Waals surface area contributed by atoms with E-state index >= 15 is 0 Å². The Morgan fingerprint density at radius 1 is 0.917 bits per heavy atom. The normalized spacial score (nSPS) is 27.1. The summed E-state index contributed by atoms with van der Waals surface area (Å²) in [5, 5.41) is 0. The van der Waals surface area contributed by atoms with Gasteiger partial charge in [0.15, 0.2) is 5.78 Å². The zero-order valence-corrected chi connectivity index (χ0v) is 13.6. The summed E-state index contributed by atoms with van der Waals surface area (Å²) in [6.45, 7) is 0. The van der Waals surface area contributed by atoms with E-state index in [0.717, 1.165) is 35.4 Å². The first-order valence-electron chi connectivity index (χ1n) is 8.26. The van der Waals surface area contributed by atoms with E-state index in [1.54, 1.807) is 12.4 Å². The minimum absolute atomic E-state index is 0.136. The first-order valence-corrected chi connectivity index (χ1v) is 8.26. The van der Waals surface area contributed by atoms with Crippen molar-refractivity contribution >= 4 is 17.9 Å². The lowest BCUT2D eigenvalue weighted by molar-refractivity contribution is -0.114. The lowest BCUT2D eigenvalue weighted by atomic mass is 9.89. The molecule has 2 saturated heterocycles. The second-order valence-electron chi connectivity index (χ2n) is 6.31. The van der Waals surface area contributed by atoms with Crippen molar-refractivity contribution in [2.75, 3.05) is 7.05 Å². The van der Waals surface area contributed by atoms with Crippen LogP contribution in [0.2, 0.25) is 0 Å². The average Bonchev–Trinajstić information content (AvgIpc) is 2.93. The van der Waals surface area contributed by atoms with Gasteiger partial charge in [-0.05, 0) is 56.3 Å². The van der Waals surface area contributed by atoms with E-state index < -0.39 is 0 Å². The molecule has 0 saturated carbocycles. The standard InChI is InChI=1S/C20H19N3O/c1-23-18-8-9-19(23)17(13-15-7-3-5-11-22-15)20(24)16(18)12-14-6-2-4-10-21-14/h2-7,10-13,18-19H,8-9H2,1H3/b16-12+,17-13+. The van der Waals surface area contributed by atoms with Crippen LogP contribution in [0.5, 0.6) is 0 Å². The van der Waals surface area contributed by atoms with Crippen molar-refractivity contribution in [2.24, 2.45) is 0 Å². The van der Waals surface area contributed by atoms with Crippen molar-refractivity contribution < 1.29 is 4.79 Å². The molecule has 2 aromatic rings. The molecular formula is C20H19N3O. The van der Waals surface area contributed by atoms with Crippen LogP contribution in [0.1, 0.15) is 24.2 Å². The van der Waals surface area contributed by atoms with Gasteiger partial charge in [0.05, 0.1) is 11.4 Å². The number of piperidine rings is 1. The number of rotatable bonds is 2. The second-order valence-corrected chi connectivity index (χ2v) is 6.31. The highest BCUT2D eigenvalue weighted by molar-refractivity contribution is 6.16. The van der Waals surface area contributed by atoms with Gasteiger partial charge in [-0.25, -0.2) is 0 Å². The second kappa shape index (κ2) is 6.13. The monoisotopic (exact) mass is 317 g/mol. The summed E-state index contributed by atoms with van der Waals surface area (Å²) < 4.78 is 0. The number of ketones is 1. The van der Waals surface area contributed by atoms with Gasteiger partial charge in [-0.3, -0.25) is 19.7 Å². The smallest absolute Gasteiger partial charge is 0.188 e. The summed E-state index contributed by atoms with van der Waals surface area (Å²) in [7, 11) is 2.10. The van der Waals surface area contributed by atoms with E-state index in [0.29, 0.717) is 0 Å². The van der Waals surface area contributed by atoms with Gasteiger partial charge in [0.1, 0.15) is 0 Å². The molecule has 120 valence electrons. The molecule has 0 spiro atoms. The third-order valence-corrected chi connectivity index (χ3v) is 4.92. The Morgan fingerprint density at radius 3 is 1.83 bits per heavy atom. The van der Waals surface area contributed by atoms with Gasteiger partial charge >= 0.3 is 0 Å². The van der Waals surface area contributed by atoms with Crippen LogP contribution in [0, 0.1) is 0 Å². The number of aromatic nitrogens is 2. The van der Waals surface area contributed by atoms with E-state index in [1.807, 2.05) is 48.6 Å². The number of nitrogens with zero attached hydrogens (tertiary/aromatic N) is 3. The number of hydrogen-bond acceptors (Lipinski definition) is 4. The van der Waals surface area contributed by atoms with Crippen LogP contribution in [0.3, 0.4) is 0 Å². The summed E-state index contributed by atoms with van der Waals surface area (Å²) in [5.74, 6) is 0.136. The number of carbonyl (C=O) groups is 1.